The number of benzene rings is 1. The van der Waals surface area contributed by atoms with Gasteiger partial charge in [-0.05, 0) is 50.9 Å². The maximum absolute atomic E-state index is 13.7. The van der Waals surface area contributed by atoms with Crippen LogP contribution in [0.2, 0.25) is 0 Å². The lowest BCUT2D eigenvalue weighted by atomic mass is 9.79. The van der Waals surface area contributed by atoms with Crippen molar-refractivity contribution in [3.8, 4) is 5.75 Å². The fourth-order valence-electron chi connectivity index (χ4n) is 2.78. The van der Waals surface area contributed by atoms with Gasteiger partial charge in [0.25, 0.3) is 0 Å². The minimum absolute atomic E-state index is 0.208. The molecule has 0 spiro atoms. The normalized spacial score (nSPS) is 26.2. The molecule has 4 nitrogen and oxygen atoms in total. The van der Waals surface area contributed by atoms with Crippen LogP contribution in [-0.4, -0.2) is 24.6 Å². The number of aryl methyl sites for hydroxylation is 1. The molecule has 0 bridgehead atoms. The molecule has 2 atom stereocenters. The van der Waals surface area contributed by atoms with Crippen molar-refractivity contribution < 1.29 is 13.9 Å². The van der Waals surface area contributed by atoms with Crippen LogP contribution in [0, 0.1) is 12.7 Å². The topological polar surface area (TPSA) is 64.3 Å². The zero-order valence-corrected chi connectivity index (χ0v) is 11.9. The number of rotatable bonds is 4. The summed E-state index contributed by atoms with van der Waals surface area (Å²) in [6.07, 6.45) is 2.56. The van der Waals surface area contributed by atoms with Crippen LogP contribution in [0.15, 0.2) is 18.2 Å². The van der Waals surface area contributed by atoms with Gasteiger partial charge in [0.15, 0.2) is 11.6 Å². The molecule has 20 heavy (non-hydrogen) atoms. The Labute approximate surface area is 118 Å². The molecule has 0 aliphatic heterocycles. The molecule has 0 heterocycles. The Hall–Kier alpha value is -1.62. The third-order valence-corrected chi connectivity index (χ3v) is 4.04. The summed E-state index contributed by atoms with van der Waals surface area (Å²) in [5.41, 5.74) is 5.68. The van der Waals surface area contributed by atoms with Gasteiger partial charge >= 0.3 is 0 Å². The van der Waals surface area contributed by atoms with Crippen molar-refractivity contribution >= 4 is 5.91 Å². The number of carbonyl (C=O) groups excluding carboxylic acids is 1. The van der Waals surface area contributed by atoms with Gasteiger partial charge in [-0.3, -0.25) is 4.79 Å². The van der Waals surface area contributed by atoms with E-state index in [1.807, 2.05) is 6.92 Å². The minimum atomic E-state index is -0.747. The monoisotopic (exact) mass is 280 g/mol. The van der Waals surface area contributed by atoms with E-state index >= 15 is 0 Å². The summed E-state index contributed by atoms with van der Waals surface area (Å²) in [5, 5.41) is 3.01. The fourth-order valence-corrected chi connectivity index (χ4v) is 2.78. The number of hydrogen-bond donors (Lipinski definition) is 2. The van der Waals surface area contributed by atoms with E-state index in [0.29, 0.717) is 12.8 Å². The van der Waals surface area contributed by atoms with Gasteiger partial charge in [0, 0.05) is 6.42 Å². The Morgan fingerprint density at radius 3 is 2.95 bits per heavy atom. The van der Waals surface area contributed by atoms with Crippen molar-refractivity contribution in [3.63, 3.8) is 0 Å². The van der Waals surface area contributed by atoms with Gasteiger partial charge in [0.2, 0.25) is 5.91 Å². The average molecular weight is 280 g/mol. The molecule has 1 amide bonds. The number of halogens is 1. The van der Waals surface area contributed by atoms with Crippen LogP contribution in [-0.2, 0) is 4.79 Å². The van der Waals surface area contributed by atoms with E-state index in [2.05, 4.69) is 5.32 Å². The molecule has 0 aromatic heterocycles. The molecule has 2 rings (SSSR count). The largest absolute Gasteiger partial charge is 0.487 e. The molecule has 1 aromatic carbocycles. The summed E-state index contributed by atoms with van der Waals surface area (Å²) in [4.78, 5) is 11.7. The first-order chi connectivity index (χ1) is 9.47. The minimum Gasteiger partial charge on any atom is -0.487 e. The molecule has 1 aromatic rings. The lowest BCUT2D eigenvalue weighted by Crippen LogP contribution is -2.58. The highest BCUT2D eigenvalue weighted by Gasteiger charge is 2.41. The fraction of sp³-hybridized carbons (Fsp3) is 0.533. The number of likely N-dealkylation sites (N-methyl/N-ethyl adjacent to an activating group) is 1. The Balaban J connectivity index is 2.13. The van der Waals surface area contributed by atoms with Crippen LogP contribution >= 0.6 is 0 Å². The first-order valence-electron chi connectivity index (χ1n) is 6.88. The summed E-state index contributed by atoms with van der Waals surface area (Å²) in [7, 11) is 1.72. The Morgan fingerprint density at radius 2 is 2.30 bits per heavy atom. The van der Waals surface area contributed by atoms with Gasteiger partial charge in [-0.2, -0.15) is 0 Å². The Kier molecular flexibility index (Phi) is 4.28. The molecule has 110 valence electrons. The van der Waals surface area contributed by atoms with Crippen LogP contribution in [0.25, 0.3) is 0 Å². The molecule has 2 unspecified atom stereocenters. The number of carbonyl (C=O) groups is 1. The van der Waals surface area contributed by atoms with Gasteiger partial charge in [0.05, 0.1) is 0 Å². The third kappa shape index (κ3) is 2.93. The van der Waals surface area contributed by atoms with Crippen LogP contribution in [0.3, 0.4) is 0 Å². The molecule has 1 aliphatic carbocycles. The van der Waals surface area contributed by atoms with E-state index in [9.17, 15) is 9.18 Å². The van der Waals surface area contributed by atoms with Gasteiger partial charge in [-0.15, -0.1) is 0 Å². The zero-order valence-electron chi connectivity index (χ0n) is 11.9. The molecule has 1 fully saturated rings. The lowest BCUT2D eigenvalue weighted by Gasteiger charge is -2.38. The number of nitrogens with two attached hydrogens (primary N) is 1. The molecular weight excluding hydrogens is 259 g/mol. The molecule has 0 radical (unpaired) electrons. The van der Waals surface area contributed by atoms with Crippen molar-refractivity contribution in [3.05, 3.63) is 29.6 Å². The van der Waals surface area contributed by atoms with E-state index in [-0.39, 0.29) is 23.6 Å². The zero-order chi connectivity index (χ0) is 14.8. The predicted octanol–water partition coefficient (Wildman–Crippen LogP) is 1.90. The Bertz CT molecular complexity index is 507. The smallest absolute Gasteiger partial charge is 0.237 e. The quantitative estimate of drug-likeness (QED) is 0.885. The van der Waals surface area contributed by atoms with E-state index in [1.165, 1.54) is 6.07 Å². The van der Waals surface area contributed by atoms with E-state index in [4.69, 9.17) is 10.5 Å². The molecule has 1 aliphatic rings. The number of nitrogens with one attached hydrogen (secondary N) is 1. The van der Waals surface area contributed by atoms with Gasteiger partial charge in [0.1, 0.15) is 11.6 Å². The van der Waals surface area contributed by atoms with Crippen molar-refractivity contribution in [1.29, 1.82) is 0 Å². The molecule has 5 heteroatoms. The van der Waals surface area contributed by atoms with Gasteiger partial charge < -0.3 is 15.8 Å². The maximum atomic E-state index is 13.7. The van der Waals surface area contributed by atoms with Crippen LogP contribution in [0.1, 0.15) is 31.2 Å². The second-order valence-electron chi connectivity index (χ2n) is 5.47. The highest BCUT2D eigenvalue weighted by molar-refractivity contribution is 5.84. The molecular formula is C15H21FN2O2. The summed E-state index contributed by atoms with van der Waals surface area (Å²) >= 11 is 0. The highest BCUT2D eigenvalue weighted by atomic mass is 19.1. The van der Waals surface area contributed by atoms with Crippen molar-refractivity contribution in [2.45, 2.75) is 44.2 Å². The summed E-state index contributed by atoms with van der Waals surface area (Å²) in [6, 6.07) is 4.77. The van der Waals surface area contributed by atoms with Crippen LogP contribution < -0.4 is 15.8 Å². The highest BCUT2D eigenvalue weighted by Crippen LogP contribution is 2.31. The third-order valence-electron chi connectivity index (χ3n) is 4.04. The Morgan fingerprint density at radius 1 is 1.55 bits per heavy atom. The van der Waals surface area contributed by atoms with Crippen molar-refractivity contribution in [2.24, 2.45) is 5.73 Å². The first kappa shape index (κ1) is 14.8. The molecule has 3 N–H and O–H groups in total. The maximum Gasteiger partial charge on any atom is 0.237 e. The van der Waals surface area contributed by atoms with E-state index in [0.717, 1.165) is 18.4 Å². The SMILES string of the molecule is CNC1(C(N)=O)CCCC(Oc2cc(C)ccc2F)C1. The van der Waals surface area contributed by atoms with Gasteiger partial charge in [-0.25, -0.2) is 4.39 Å². The van der Waals surface area contributed by atoms with Crippen molar-refractivity contribution in [2.75, 3.05) is 7.05 Å². The second-order valence-corrected chi connectivity index (χ2v) is 5.47. The van der Waals surface area contributed by atoms with Crippen LogP contribution in [0.5, 0.6) is 5.75 Å². The van der Waals surface area contributed by atoms with Crippen molar-refractivity contribution in [1.82, 2.24) is 5.32 Å². The number of amides is 1. The standard InChI is InChI=1S/C15H21FN2O2/c1-10-5-6-12(16)13(8-10)20-11-4-3-7-15(9-11,18-2)14(17)19/h5-6,8,11,18H,3-4,7,9H2,1-2H3,(H2,17,19). The second kappa shape index (κ2) is 5.79. The van der Waals surface area contributed by atoms with Crippen LogP contribution in [0.4, 0.5) is 4.39 Å². The predicted molar refractivity (Wildman–Crippen MR) is 75.0 cm³/mol. The summed E-state index contributed by atoms with van der Waals surface area (Å²) in [6.45, 7) is 1.88. The van der Waals surface area contributed by atoms with Gasteiger partial charge in [-0.1, -0.05) is 6.07 Å². The number of ether oxygens (including phenoxy) is 1. The first-order valence-corrected chi connectivity index (χ1v) is 6.88. The lowest BCUT2D eigenvalue weighted by molar-refractivity contribution is -0.126. The molecule has 1 saturated carbocycles. The van der Waals surface area contributed by atoms with E-state index < -0.39 is 5.54 Å². The molecule has 0 saturated heterocycles. The summed E-state index contributed by atoms with van der Waals surface area (Å²) in [5.74, 6) is -0.514. The number of primary amides is 1. The number of hydrogen-bond acceptors (Lipinski definition) is 3. The average Bonchev–Trinajstić information content (AvgIpc) is 2.43. The summed E-state index contributed by atoms with van der Waals surface area (Å²) < 4.78 is 19.5. The van der Waals surface area contributed by atoms with E-state index in [1.54, 1.807) is 19.2 Å².